The highest BCUT2D eigenvalue weighted by molar-refractivity contribution is 7.22. The third kappa shape index (κ3) is 3.39. The van der Waals surface area contributed by atoms with Crippen molar-refractivity contribution in [3.8, 4) is 0 Å². The van der Waals surface area contributed by atoms with E-state index in [1.54, 1.807) is 28.9 Å². The van der Waals surface area contributed by atoms with Gasteiger partial charge in [0.1, 0.15) is 5.69 Å². The fraction of sp³-hybridized carbons (Fsp3) is 0.200. The van der Waals surface area contributed by atoms with E-state index in [0.717, 1.165) is 27.2 Å². The smallest absolute Gasteiger partial charge is 0.277 e. The van der Waals surface area contributed by atoms with E-state index in [9.17, 15) is 4.79 Å². The Morgan fingerprint density at radius 3 is 2.75 bits per heavy atom. The van der Waals surface area contributed by atoms with Gasteiger partial charge in [0.2, 0.25) is 0 Å². The molecule has 0 bridgehead atoms. The second-order valence-electron chi connectivity index (χ2n) is 6.52. The lowest BCUT2D eigenvalue weighted by molar-refractivity contribution is 0.0975. The number of benzene rings is 1. The first-order valence-electron chi connectivity index (χ1n) is 8.72. The zero-order valence-corrected chi connectivity index (χ0v) is 17.3. The zero-order chi connectivity index (χ0) is 19.8. The molecule has 0 radical (unpaired) electrons. The maximum absolute atomic E-state index is 13.4. The van der Waals surface area contributed by atoms with E-state index in [0.29, 0.717) is 22.4 Å². The van der Waals surface area contributed by atoms with E-state index < -0.39 is 0 Å². The quantitative estimate of drug-likeness (QED) is 0.494. The van der Waals surface area contributed by atoms with Gasteiger partial charge in [0.05, 0.1) is 28.1 Å². The molecule has 0 aliphatic carbocycles. The van der Waals surface area contributed by atoms with Gasteiger partial charge in [-0.25, -0.2) is 4.98 Å². The lowest BCUT2D eigenvalue weighted by atomic mass is 10.2. The van der Waals surface area contributed by atoms with Crippen LogP contribution in [0, 0.1) is 13.8 Å². The van der Waals surface area contributed by atoms with Gasteiger partial charge in [-0.15, -0.1) is 0 Å². The van der Waals surface area contributed by atoms with Crippen LogP contribution in [0.4, 0.5) is 5.13 Å². The Kier molecular flexibility index (Phi) is 4.87. The van der Waals surface area contributed by atoms with Crippen LogP contribution in [0.3, 0.4) is 0 Å². The highest BCUT2D eigenvalue weighted by Gasteiger charge is 2.25. The van der Waals surface area contributed by atoms with Crippen molar-refractivity contribution in [2.45, 2.75) is 20.4 Å². The average Bonchev–Trinajstić information content (AvgIpc) is 3.26. The fourth-order valence-electron chi connectivity index (χ4n) is 3.03. The fourth-order valence-corrected chi connectivity index (χ4v) is 4.21. The van der Waals surface area contributed by atoms with E-state index in [2.05, 4.69) is 10.1 Å². The number of nitrogens with zero attached hydrogens (tertiary/aromatic N) is 5. The van der Waals surface area contributed by atoms with E-state index in [1.807, 2.05) is 44.2 Å². The van der Waals surface area contributed by atoms with Crippen LogP contribution in [0.25, 0.3) is 10.2 Å². The minimum Gasteiger partial charge on any atom is -0.277 e. The van der Waals surface area contributed by atoms with Crippen LogP contribution in [-0.4, -0.2) is 25.7 Å². The molecule has 28 heavy (non-hydrogen) atoms. The van der Waals surface area contributed by atoms with Crippen molar-refractivity contribution in [1.82, 2.24) is 19.7 Å². The molecule has 0 spiro atoms. The lowest BCUT2D eigenvalue weighted by Gasteiger charge is -2.19. The molecular formula is C20H18ClN5OS. The summed E-state index contributed by atoms with van der Waals surface area (Å²) < 4.78 is 2.58. The Morgan fingerprint density at radius 1 is 1.25 bits per heavy atom. The van der Waals surface area contributed by atoms with Gasteiger partial charge in [0.25, 0.3) is 5.91 Å². The first-order chi connectivity index (χ1) is 13.4. The number of pyridine rings is 1. The maximum atomic E-state index is 13.4. The standard InChI is InChI=1S/C20H18ClN5OS/c1-12-10-16(25(3)24-12)19(27)26(11-14-6-4-5-9-22-14)20-23-18-13(2)15(21)7-8-17(18)28-20/h4-10H,11H2,1-3H3. The summed E-state index contributed by atoms with van der Waals surface area (Å²) >= 11 is 7.71. The molecule has 0 saturated heterocycles. The van der Waals surface area contributed by atoms with Gasteiger partial charge in [-0.2, -0.15) is 5.10 Å². The number of carbonyl (C=O) groups excluding carboxylic acids is 1. The van der Waals surface area contributed by atoms with Crippen molar-refractivity contribution in [3.63, 3.8) is 0 Å². The number of thiazole rings is 1. The molecule has 0 fully saturated rings. The molecule has 142 valence electrons. The highest BCUT2D eigenvalue weighted by atomic mass is 35.5. The number of rotatable bonds is 4. The van der Waals surface area contributed by atoms with Crippen molar-refractivity contribution in [2.75, 3.05) is 4.90 Å². The van der Waals surface area contributed by atoms with Crippen molar-refractivity contribution in [3.05, 3.63) is 70.3 Å². The van der Waals surface area contributed by atoms with Gasteiger partial charge < -0.3 is 0 Å². The number of halogens is 1. The van der Waals surface area contributed by atoms with Crippen LogP contribution in [0.2, 0.25) is 5.02 Å². The molecular weight excluding hydrogens is 394 g/mol. The number of carbonyl (C=O) groups is 1. The molecule has 0 atom stereocenters. The minimum absolute atomic E-state index is 0.170. The zero-order valence-electron chi connectivity index (χ0n) is 15.7. The van der Waals surface area contributed by atoms with Gasteiger partial charge in [-0.1, -0.05) is 29.0 Å². The van der Waals surface area contributed by atoms with Gasteiger partial charge in [0, 0.05) is 18.3 Å². The largest absolute Gasteiger partial charge is 0.278 e. The van der Waals surface area contributed by atoms with E-state index in [1.165, 1.54) is 11.3 Å². The van der Waals surface area contributed by atoms with Crippen LogP contribution >= 0.6 is 22.9 Å². The SMILES string of the molecule is Cc1cc(C(=O)N(Cc2ccccn2)c2nc3c(C)c(Cl)ccc3s2)n(C)n1. The topological polar surface area (TPSA) is 63.9 Å². The number of aromatic nitrogens is 4. The summed E-state index contributed by atoms with van der Waals surface area (Å²) in [7, 11) is 1.77. The summed E-state index contributed by atoms with van der Waals surface area (Å²) in [6.07, 6.45) is 1.72. The predicted octanol–water partition coefficient (Wildman–Crippen LogP) is 4.54. The molecule has 4 aromatic rings. The maximum Gasteiger partial charge on any atom is 0.278 e. The molecule has 4 rings (SSSR count). The van der Waals surface area contributed by atoms with Crippen LogP contribution < -0.4 is 4.90 Å². The number of amides is 1. The summed E-state index contributed by atoms with van der Waals surface area (Å²) in [5.41, 5.74) is 3.79. The van der Waals surface area contributed by atoms with Crippen molar-refractivity contribution < 1.29 is 4.79 Å². The van der Waals surface area contributed by atoms with Gasteiger partial charge in [0.15, 0.2) is 5.13 Å². The average molecular weight is 412 g/mol. The molecule has 0 unspecified atom stereocenters. The van der Waals surface area contributed by atoms with Crippen molar-refractivity contribution >= 4 is 44.2 Å². The number of anilines is 1. The lowest BCUT2D eigenvalue weighted by Crippen LogP contribution is -2.32. The van der Waals surface area contributed by atoms with Gasteiger partial charge in [-0.05, 0) is 49.7 Å². The third-order valence-corrected chi connectivity index (χ3v) is 5.93. The molecule has 6 nitrogen and oxygen atoms in total. The first kappa shape index (κ1) is 18.6. The Morgan fingerprint density at radius 2 is 2.07 bits per heavy atom. The number of hydrogen-bond donors (Lipinski definition) is 0. The highest BCUT2D eigenvalue weighted by Crippen LogP contribution is 2.34. The Balaban J connectivity index is 1.82. The summed E-state index contributed by atoms with van der Waals surface area (Å²) in [6, 6.07) is 11.2. The molecule has 0 saturated carbocycles. The van der Waals surface area contributed by atoms with Crippen LogP contribution in [0.1, 0.15) is 27.4 Å². The Bertz CT molecular complexity index is 1170. The first-order valence-corrected chi connectivity index (χ1v) is 9.91. The van der Waals surface area contributed by atoms with Crippen LogP contribution in [-0.2, 0) is 13.6 Å². The van der Waals surface area contributed by atoms with E-state index in [4.69, 9.17) is 16.6 Å². The van der Waals surface area contributed by atoms with Crippen molar-refractivity contribution in [1.29, 1.82) is 0 Å². The molecule has 0 aliphatic rings. The molecule has 8 heteroatoms. The summed E-state index contributed by atoms with van der Waals surface area (Å²) in [4.78, 5) is 24.1. The molecule has 1 amide bonds. The summed E-state index contributed by atoms with van der Waals surface area (Å²) in [6.45, 7) is 4.11. The molecule has 0 N–H and O–H groups in total. The van der Waals surface area contributed by atoms with Crippen molar-refractivity contribution in [2.24, 2.45) is 7.05 Å². The van der Waals surface area contributed by atoms with Gasteiger partial charge in [-0.3, -0.25) is 19.4 Å². The Labute approximate surface area is 171 Å². The van der Waals surface area contributed by atoms with Gasteiger partial charge >= 0.3 is 0 Å². The van der Waals surface area contributed by atoms with E-state index in [-0.39, 0.29) is 5.91 Å². The third-order valence-electron chi connectivity index (χ3n) is 4.48. The minimum atomic E-state index is -0.170. The number of fused-ring (bicyclic) bond motifs is 1. The molecule has 3 heterocycles. The summed E-state index contributed by atoms with van der Waals surface area (Å²) in [5, 5.41) is 5.57. The van der Waals surface area contributed by atoms with Crippen LogP contribution in [0.15, 0.2) is 42.6 Å². The molecule has 3 aromatic heterocycles. The second kappa shape index (κ2) is 7.33. The monoisotopic (exact) mass is 411 g/mol. The molecule has 0 aliphatic heterocycles. The predicted molar refractivity (Wildman–Crippen MR) is 112 cm³/mol. The number of aryl methyl sites for hydroxylation is 3. The van der Waals surface area contributed by atoms with E-state index >= 15 is 0 Å². The second-order valence-corrected chi connectivity index (χ2v) is 7.94. The normalized spacial score (nSPS) is 11.1. The van der Waals surface area contributed by atoms with Crippen LogP contribution in [0.5, 0.6) is 0 Å². The number of hydrogen-bond acceptors (Lipinski definition) is 5. The Hall–Kier alpha value is -2.77. The molecule has 1 aromatic carbocycles. The summed E-state index contributed by atoms with van der Waals surface area (Å²) in [5.74, 6) is -0.170.